The molecule has 1 N–H and O–H groups in total. The molecule has 0 radical (unpaired) electrons. The third-order valence-electron chi connectivity index (χ3n) is 3.24. The molecule has 0 aromatic heterocycles. The molecule has 2 aromatic rings. The Morgan fingerprint density at radius 1 is 1.26 bits per heavy atom. The molecular weight excluding hydrogens is 356 g/mol. The summed E-state index contributed by atoms with van der Waals surface area (Å²) in [5, 5.41) is 3.92. The Balaban J connectivity index is 1.82. The quantitative estimate of drug-likeness (QED) is 0.616. The van der Waals surface area contributed by atoms with Gasteiger partial charge in [0.05, 0.1) is 10.7 Å². The second-order valence-electron chi connectivity index (χ2n) is 5.11. The van der Waals surface area contributed by atoms with Crippen LogP contribution in [-0.4, -0.2) is 18.7 Å². The number of halogens is 1. The zero-order valence-electron chi connectivity index (χ0n) is 13.2. The van der Waals surface area contributed by atoms with Crippen LogP contribution in [-0.2, 0) is 11.2 Å². The molecule has 2 rings (SSSR count). The lowest BCUT2D eigenvalue weighted by molar-refractivity contribution is -0.123. The lowest BCUT2D eigenvalue weighted by Crippen LogP contribution is -2.24. The Kier molecular flexibility index (Phi) is 6.35. The van der Waals surface area contributed by atoms with E-state index in [4.69, 9.17) is 4.74 Å². The topological polar surface area (TPSA) is 50.7 Å². The number of aryl methyl sites for hydroxylation is 2. The van der Waals surface area contributed by atoms with E-state index in [-0.39, 0.29) is 12.5 Å². The van der Waals surface area contributed by atoms with Gasteiger partial charge in [-0.25, -0.2) is 5.43 Å². The molecule has 0 unspecified atom stereocenters. The Morgan fingerprint density at radius 2 is 2.00 bits per heavy atom. The number of benzene rings is 2. The highest BCUT2D eigenvalue weighted by Crippen LogP contribution is 2.26. The van der Waals surface area contributed by atoms with E-state index in [1.54, 1.807) is 6.21 Å². The Labute approximate surface area is 144 Å². The summed E-state index contributed by atoms with van der Waals surface area (Å²) in [6.07, 6.45) is 2.55. The highest BCUT2D eigenvalue weighted by atomic mass is 79.9. The average molecular weight is 375 g/mol. The van der Waals surface area contributed by atoms with Gasteiger partial charge in [-0.05, 0) is 52.5 Å². The molecule has 5 heteroatoms. The van der Waals surface area contributed by atoms with Gasteiger partial charge in [-0.15, -0.1) is 0 Å². The smallest absolute Gasteiger partial charge is 0.277 e. The van der Waals surface area contributed by atoms with Gasteiger partial charge in [0.25, 0.3) is 5.91 Å². The third-order valence-corrected chi connectivity index (χ3v) is 3.86. The minimum Gasteiger partial charge on any atom is -0.483 e. The van der Waals surface area contributed by atoms with Crippen LogP contribution in [0.25, 0.3) is 0 Å². The van der Waals surface area contributed by atoms with Gasteiger partial charge >= 0.3 is 0 Å². The van der Waals surface area contributed by atoms with Crippen LogP contribution in [0.3, 0.4) is 0 Å². The molecule has 2 aromatic carbocycles. The summed E-state index contributed by atoms with van der Waals surface area (Å²) < 4.78 is 6.32. The van der Waals surface area contributed by atoms with E-state index in [1.807, 2.05) is 49.4 Å². The average Bonchev–Trinajstić information content (AvgIpc) is 2.55. The molecule has 0 heterocycles. The van der Waals surface area contributed by atoms with Crippen molar-refractivity contribution >= 4 is 28.1 Å². The largest absolute Gasteiger partial charge is 0.483 e. The fourth-order valence-electron chi connectivity index (χ4n) is 1.89. The van der Waals surface area contributed by atoms with Gasteiger partial charge in [0.15, 0.2) is 6.61 Å². The van der Waals surface area contributed by atoms with Gasteiger partial charge in [-0.2, -0.15) is 5.10 Å². The standard InChI is InChI=1S/C18H19BrN2O2/c1-3-14-8-9-17(16(19)10-14)23-12-18(22)21-20-11-15-6-4-13(2)5-7-15/h4-11H,3,12H2,1-2H3,(H,21,22). The molecule has 0 aliphatic rings. The van der Waals surface area contributed by atoms with Crippen LogP contribution in [0.2, 0.25) is 0 Å². The van der Waals surface area contributed by atoms with Gasteiger partial charge in [0.1, 0.15) is 5.75 Å². The zero-order chi connectivity index (χ0) is 16.7. The van der Waals surface area contributed by atoms with Gasteiger partial charge in [0, 0.05) is 0 Å². The highest BCUT2D eigenvalue weighted by molar-refractivity contribution is 9.10. The van der Waals surface area contributed by atoms with Crippen molar-refractivity contribution in [1.29, 1.82) is 0 Å². The first-order chi connectivity index (χ1) is 11.1. The first-order valence-corrected chi connectivity index (χ1v) is 8.17. The van der Waals surface area contributed by atoms with Crippen LogP contribution < -0.4 is 10.2 Å². The molecule has 0 fully saturated rings. The molecule has 0 saturated carbocycles. The summed E-state index contributed by atoms with van der Waals surface area (Å²) >= 11 is 3.44. The fourth-order valence-corrected chi connectivity index (χ4v) is 2.43. The molecule has 0 aliphatic carbocycles. The normalized spacial score (nSPS) is 10.7. The molecule has 1 amide bonds. The number of nitrogens with zero attached hydrogens (tertiary/aromatic N) is 1. The van der Waals surface area contributed by atoms with E-state index in [0.29, 0.717) is 5.75 Å². The second kappa shape index (κ2) is 8.48. The monoisotopic (exact) mass is 374 g/mol. The maximum absolute atomic E-state index is 11.7. The van der Waals surface area contributed by atoms with Crippen LogP contribution in [0.5, 0.6) is 5.75 Å². The SMILES string of the molecule is CCc1ccc(OCC(=O)NN=Cc2ccc(C)cc2)c(Br)c1. The van der Waals surface area contributed by atoms with E-state index in [1.165, 1.54) is 11.1 Å². The van der Waals surface area contributed by atoms with E-state index in [2.05, 4.69) is 33.4 Å². The summed E-state index contributed by atoms with van der Waals surface area (Å²) in [7, 11) is 0. The minimum absolute atomic E-state index is 0.0880. The van der Waals surface area contributed by atoms with E-state index < -0.39 is 0 Å². The first-order valence-electron chi connectivity index (χ1n) is 7.38. The number of carbonyl (C=O) groups excluding carboxylic acids is 1. The minimum atomic E-state index is -0.306. The molecule has 0 spiro atoms. The number of carbonyl (C=O) groups is 1. The van der Waals surface area contributed by atoms with Crippen molar-refractivity contribution in [2.45, 2.75) is 20.3 Å². The molecule has 0 atom stereocenters. The highest BCUT2D eigenvalue weighted by Gasteiger charge is 2.05. The van der Waals surface area contributed by atoms with Crippen LogP contribution >= 0.6 is 15.9 Å². The number of amides is 1. The van der Waals surface area contributed by atoms with Crippen LogP contribution in [0, 0.1) is 6.92 Å². The molecule has 4 nitrogen and oxygen atoms in total. The number of hydrogen-bond donors (Lipinski definition) is 1. The number of rotatable bonds is 6. The molecule has 0 aliphatic heterocycles. The van der Waals surface area contributed by atoms with Crippen molar-refractivity contribution in [3.05, 3.63) is 63.6 Å². The van der Waals surface area contributed by atoms with Crippen LogP contribution in [0.15, 0.2) is 52.0 Å². The summed E-state index contributed by atoms with van der Waals surface area (Å²) in [5.41, 5.74) is 5.76. The van der Waals surface area contributed by atoms with Gasteiger partial charge in [-0.3, -0.25) is 4.79 Å². The lowest BCUT2D eigenvalue weighted by Gasteiger charge is -2.08. The molecule has 23 heavy (non-hydrogen) atoms. The van der Waals surface area contributed by atoms with Gasteiger partial charge in [-0.1, -0.05) is 42.8 Å². The van der Waals surface area contributed by atoms with E-state index in [0.717, 1.165) is 16.5 Å². The van der Waals surface area contributed by atoms with Crippen LogP contribution in [0.1, 0.15) is 23.6 Å². The van der Waals surface area contributed by atoms with Crippen molar-refractivity contribution in [3.8, 4) is 5.75 Å². The van der Waals surface area contributed by atoms with Crippen molar-refractivity contribution in [2.24, 2.45) is 5.10 Å². The third kappa shape index (κ3) is 5.53. The van der Waals surface area contributed by atoms with E-state index in [9.17, 15) is 4.79 Å². The van der Waals surface area contributed by atoms with Crippen LogP contribution in [0.4, 0.5) is 0 Å². The number of hydrogen-bond acceptors (Lipinski definition) is 3. The number of nitrogens with one attached hydrogen (secondary N) is 1. The maximum Gasteiger partial charge on any atom is 0.277 e. The van der Waals surface area contributed by atoms with Gasteiger partial charge in [0.2, 0.25) is 0 Å². The molecular formula is C18H19BrN2O2. The van der Waals surface area contributed by atoms with Crippen molar-refractivity contribution in [2.75, 3.05) is 6.61 Å². The number of ether oxygens (including phenoxy) is 1. The first kappa shape index (κ1) is 17.2. The van der Waals surface area contributed by atoms with Crippen molar-refractivity contribution in [1.82, 2.24) is 5.43 Å². The van der Waals surface area contributed by atoms with Gasteiger partial charge < -0.3 is 4.74 Å². The predicted molar refractivity (Wildman–Crippen MR) is 95.9 cm³/mol. The fraction of sp³-hybridized carbons (Fsp3) is 0.222. The summed E-state index contributed by atoms with van der Waals surface area (Å²) in [5.74, 6) is 0.333. The van der Waals surface area contributed by atoms with E-state index >= 15 is 0 Å². The molecule has 120 valence electrons. The Morgan fingerprint density at radius 3 is 2.65 bits per heavy atom. The van der Waals surface area contributed by atoms with Crippen molar-refractivity contribution in [3.63, 3.8) is 0 Å². The molecule has 0 saturated heterocycles. The Bertz CT molecular complexity index is 697. The lowest BCUT2D eigenvalue weighted by atomic mass is 10.2. The van der Waals surface area contributed by atoms with Crippen molar-refractivity contribution < 1.29 is 9.53 Å². The zero-order valence-corrected chi connectivity index (χ0v) is 14.8. The number of hydrazone groups is 1. The summed E-state index contributed by atoms with van der Waals surface area (Å²) in [6.45, 7) is 4.02. The summed E-state index contributed by atoms with van der Waals surface area (Å²) in [6, 6.07) is 13.7. The second-order valence-corrected chi connectivity index (χ2v) is 5.97. The summed E-state index contributed by atoms with van der Waals surface area (Å²) in [4.78, 5) is 11.7. The molecule has 0 bridgehead atoms. The Hall–Kier alpha value is -2.14. The predicted octanol–water partition coefficient (Wildman–Crippen LogP) is 3.85. The maximum atomic E-state index is 11.7.